The van der Waals surface area contributed by atoms with Gasteiger partial charge in [-0.05, 0) is 61.2 Å². The van der Waals surface area contributed by atoms with Crippen LogP contribution in [0.3, 0.4) is 0 Å². The van der Waals surface area contributed by atoms with Crippen LogP contribution in [0.4, 0.5) is 0 Å². The Bertz CT molecular complexity index is 1060. The highest BCUT2D eigenvalue weighted by molar-refractivity contribution is 7.27. The summed E-state index contributed by atoms with van der Waals surface area (Å²) >= 11 is 0. The molecule has 152 valence electrons. The molecule has 4 rings (SSSR count). The quantitative estimate of drug-likeness (QED) is 0.600. The molecule has 0 spiro atoms. The number of carbonyl (C=O) groups is 1. The number of aromatic nitrogens is 4. The molecule has 1 aliphatic carbocycles. The van der Waals surface area contributed by atoms with Gasteiger partial charge in [0.1, 0.15) is 6.33 Å². The van der Waals surface area contributed by atoms with E-state index in [2.05, 4.69) is 30.4 Å². The van der Waals surface area contributed by atoms with Crippen molar-refractivity contribution in [3.63, 3.8) is 0 Å². The maximum absolute atomic E-state index is 13.3. The van der Waals surface area contributed by atoms with Crippen LogP contribution in [0.2, 0.25) is 0 Å². The van der Waals surface area contributed by atoms with E-state index < -0.39 is 0 Å². The van der Waals surface area contributed by atoms with Crippen molar-refractivity contribution in [3.8, 4) is 0 Å². The first-order chi connectivity index (χ1) is 14.0. The highest BCUT2D eigenvalue weighted by atomic mass is 31.0. The van der Waals surface area contributed by atoms with E-state index in [4.69, 9.17) is 0 Å². The van der Waals surface area contributed by atoms with Gasteiger partial charge in [0.25, 0.3) is 11.7 Å². The van der Waals surface area contributed by atoms with Crippen molar-refractivity contribution in [2.75, 3.05) is 19.7 Å². The molecule has 1 atom stereocenters. The second-order valence-electron chi connectivity index (χ2n) is 7.64. The first-order valence-electron chi connectivity index (χ1n) is 9.95. The number of carbonyl (C=O) groups excluding carboxylic acids is 1. The first kappa shape index (κ1) is 19.9. The molecule has 3 aromatic rings. The second kappa shape index (κ2) is 8.17. The van der Waals surface area contributed by atoms with E-state index in [1.54, 1.807) is 9.42 Å². The maximum Gasteiger partial charge on any atom is 0.254 e. The lowest BCUT2D eigenvalue weighted by Crippen LogP contribution is -2.36. The van der Waals surface area contributed by atoms with Gasteiger partial charge in [0.05, 0.1) is 6.61 Å². The number of aryl methyl sites for hydroxylation is 1. The minimum absolute atomic E-state index is 0.0526. The third kappa shape index (κ3) is 4.02. The summed E-state index contributed by atoms with van der Waals surface area (Å²) in [6, 6.07) is 5.98. The first-order valence-corrected chi connectivity index (χ1v) is 10.5. The molecular weight excluding hydrogens is 385 g/mol. The third-order valence-electron chi connectivity index (χ3n) is 5.54. The van der Waals surface area contributed by atoms with Gasteiger partial charge in [-0.1, -0.05) is 6.07 Å². The van der Waals surface area contributed by atoms with E-state index in [9.17, 15) is 9.90 Å². The summed E-state index contributed by atoms with van der Waals surface area (Å²) in [4.78, 5) is 23.5. The molecule has 1 unspecified atom stereocenters. The Morgan fingerprint density at radius 3 is 2.83 bits per heavy atom. The van der Waals surface area contributed by atoms with E-state index in [1.807, 2.05) is 26.0 Å². The lowest BCUT2D eigenvalue weighted by Gasteiger charge is -2.24. The average molecular weight is 411 g/mol. The highest BCUT2D eigenvalue weighted by Crippen LogP contribution is 2.40. The van der Waals surface area contributed by atoms with E-state index in [0.29, 0.717) is 36.8 Å². The van der Waals surface area contributed by atoms with Gasteiger partial charge in [0.2, 0.25) is 0 Å². The Kier molecular flexibility index (Phi) is 5.61. The molecule has 0 radical (unpaired) electrons. The standard InChI is InChI=1S/C21H26N5O2P/c1-13-11-16(26-21(24-13)22-12-23-26)7-8-25(9-10-27)20(28)17-5-6-18(15-3-4-15)19(29)14(17)2/h5-6,11-12,15,27H,3-4,7-10,29H2,1-2H3. The number of amides is 1. The van der Waals surface area contributed by atoms with E-state index >= 15 is 0 Å². The number of nitrogens with zero attached hydrogens (tertiary/aromatic N) is 5. The summed E-state index contributed by atoms with van der Waals surface area (Å²) in [5.74, 6) is 1.14. The molecule has 1 aromatic carbocycles. The van der Waals surface area contributed by atoms with Crippen molar-refractivity contribution in [2.45, 2.75) is 39.0 Å². The SMILES string of the molecule is Cc1cc(CCN(CCO)C(=O)c2ccc(C3CC3)c(P)c2C)n2ncnc2n1. The number of rotatable bonds is 7. The third-order valence-corrected chi connectivity index (χ3v) is 6.31. The Balaban J connectivity index is 1.56. The van der Waals surface area contributed by atoms with Crippen LogP contribution in [0.15, 0.2) is 24.5 Å². The smallest absolute Gasteiger partial charge is 0.254 e. The molecule has 2 aromatic heterocycles. The monoisotopic (exact) mass is 411 g/mol. The van der Waals surface area contributed by atoms with Crippen LogP contribution in [0.5, 0.6) is 0 Å². The number of aliphatic hydroxyl groups excluding tert-OH is 1. The van der Waals surface area contributed by atoms with E-state index in [1.165, 1.54) is 24.7 Å². The number of hydrogen-bond acceptors (Lipinski definition) is 5. The highest BCUT2D eigenvalue weighted by Gasteiger charge is 2.27. The zero-order valence-corrected chi connectivity index (χ0v) is 18.0. The zero-order chi connectivity index (χ0) is 20.5. The van der Waals surface area contributed by atoms with Crippen molar-refractivity contribution < 1.29 is 9.90 Å². The summed E-state index contributed by atoms with van der Waals surface area (Å²) in [5, 5.41) is 14.9. The zero-order valence-electron chi connectivity index (χ0n) is 16.8. The van der Waals surface area contributed by atoms with Gasteiger partial charge in [0, 0.05) is 36.5 Å². The summed E-state index contributed by atoms with van der Waals surface area (Å²) in [6.07, 6.45) is 4.54. The summed E-state index contributed by atoms with van der Waals surface area (Å²) < 4.78 is 1.70. The van der Waals surface area contributed by atoms with Crippen LogP contribution in [0.25, 0.3) is 5.78 Å². The van der Waals surface area contributed by atoms with Gasteiger partial charge >= 0.3 is 0 Å². The Hall–Kier alpha value is -2.37. The lowest BCUT2D eigenvalue weighted by atomic mass is 10.0. The van der Waals surface area contributed by atoms with Gasteiger partial charge in [-0.15, -0.1) is 9.24 Å². The molecule has 1 amide bonds. The fraction of sp³-hybridized carbons (Fsp3) is 0.429. The van der Waals surface area contributed by atoms with Crippen LogP contribution in [-0.4, -0.2) is 55.2 Å². The lowest BCUT2D eigenvalue weighted by molar-refractivity contribution is 0.0722. The molecule has 1 fully saturated rings. The van der Waals surface area contributed by atoms with Crippen molar-refractivity contribution in [1.29, 1.82) is 0 Å². The molecule has 1 saturated carbocycles. The van der Waals surface area contributed by atoms with Crippen molar-refractivity contribution in [3.05, 3.63) is 52.6 Å². The Labute approximate surface area is 172 Å². The molecule has 8 heteroatoms. The topological polar surface area (TPSA) is 83.6 Å². The van der Waals surface area contributed by atoms with Crippen LogP contribution in [-0.2, 0) is 6.42 Å². The number of fused-ring (bicyclic) bond motifs is 1. The molecule has 29 heavy (non-hydrogen) atoms. The fourth-order valence-electron chi connectivity index (χ4n) is 3.77. The van der Waals surface area contributed by atoms with Crippen LogP contribution in [0.1, 0.15) is 51.6 Å². The molecular formula is C21H26N5O2P. The van der Waals surface area contributed by atoms with Crippen molar-refractivity contribution in [1.82, 2.24) is 24.5 Å². The number of benzene rings is 1. The second-order valence-corrected chi connectivity index (χ2v) is 8.22. The van der Waals surface area contributed by atoms with Gasteiger partial charge in [-0.25, -0.2) is 9.50 Å². The van der Waals surface area contributed by atoms with E-state index in [-0.39, 0.29) is 12.5 Å². The molecule has 0 saturated heterocycles. The van der Waals surface area contributed by atoms with Gasteiger partial charge < -0.3 is 10.0 Å². The largest absolute Gasteiger partial charge is 0.395 e. The summed E-state index contributed by atoms with van der Waals surface area (Å²) in [6.45, 7) is 4.61. The number of hydrogen-bond donors (Lipinski definition) is 1. The molecule has 7 nitrogen and oxygen atoms in total. The van der Waals surface area contributed by atoms with Crippen LogP contribution in [0, 0.1) is 13.8 Å². The van der Waals surface area contributed by atoms with Gasteiger partial charge in [-0.3, -0.25) is 4.79 Å². The van der Waals surface area contributed by atoms with Crippen LogP contribution < -0.4 is 5.30 Å². The fourth-order valence-corrected chi connectivity index (χ4v) is 4.26. The van der Waals surface area contributed by atoms with Crippen molar-refractivity contribution >= 4 is 26.2 Å². The molecule has 0 aliphatic heterocycles. The van der Waals surface area contributed by atoms with Gasteiger partial charge in [0.15, 0.2) is 0 Å². The summed E-state index contributed by atoms with van der Waals surface area (Å²) in [7, 11) is 2.81. The predicted octanol–water partition coefficient (Wildman–Crippen LogP) is 1.80. The normalized spacial score (nSPS) is 13.8. The summed E-state index contributed by atoms with van der Waals surface area (Å²) in [5.41, 5.74) is 4.84. The van der Waals surface area contributed by atoms with E-state index in [0.717, 1.165) is 22.3 Å². The Morgan fingerprint density at radius 1 is 1.31 bits per heavy atom. The molecule has 1 aliphatic rings. The van der Waals surface area contributed by atoms with Crippen molar-refractivity contribution in [2.24, 2.45) is 0 Å². The molecule has 0 bridgehead atoms. The molecule has 2 heterocycles. The minimum atomic E-state index is -0.0766. The average Bonchev–Trinajstić information content (AvgIpc) is 3.43. The van der Waals surface area contributed by atoms with Gasteiger partial charge in [-0.2, -0.15) is 10.1 Å². The Morgan fingerprint density at radius 2 is 2.10 bits per heavy atom. The number of aliphatic hydroxyl groups is 1. The minimum Gasteiger partial charge on any atom is -0.395 e. The predicted molar refractivity (Wildman–Crippen MR) is 115 cm³/mol. The maximum atomic E-state index is 13.3. The molecule has 1 N–H and O–H groups in total. The van der Waals surface area contributed by atoms with Crippen LogP contribution >= 0.6 is 9.24 Å².